The minimum Gasteiger partial charge on any atom is -0.342 e. The van der Waals surface area contributed by atoms with E-state index in [4.69, 9.17) is 23.2 Å². The molecular formula is C24H24Cl2F3NO3. The van der Waals surface area contributed by atoms with Gasteiger partial charge in [-0.1, -0.05) is 73.4 Å². The highest BCUT2D eigenvalue weighted by atomic mass is 35.5. The zero-order valence-electron chi connectivity index (χ0n) is 18.1. The number of Topliss-reactive ketones (excluding diaryl/α,β-unsaturated/α-hetero) is 2. The number of carbonyl (C=O) groups is 3. The van der Waals surface area contributed by atoms with Gasteiger partial charge in [0, 0.05) is 18.8 Å². The molecule has 0 aliphatic rings. The van der Waals surface area contributed by atoms with E-state index in [9.17, 15) is 27.6 Å². The molecule has 0 fully saturated rings. The highest BCUT2D eigenvalue weighted by molar-refractivity contribution is 6.42. The summed E-state index contributed by atoms with van der Waals surface area (Å²) in [5.41, 5.74) is 1.19. The first kappa shape index (κ1) is 26.9. The van der Waals surface area contributed by atoms with Crippen molar-refractivity contribution in [3.8, 4) is 0 Å². The van der Waals surface area contributed by atoms with Crippen LogP contribution in [0.3, 0.4) is 0 Å². The fourth-order valence-electron chi connectivity index (χ4n) is 3.36. The highest BCUT2D eigenvalue weighted by Gasteiger charge is 2.45. The number of aryl methyl sites for hydroxylation is 1. The molecule has 2 rings (SSSR count). The average Bonchev–Trinajstić information content (AvgIpc) is 2.75. The third-order valence-electron chi connectivity index (χ3n) is 5.23. The highest BCUT2D eigenvalue weighted by Crippen LogP contribution is 2.30. The molecule has 0 spiro atoms. The molecule has 1 N–H and O–H groups in total. The largest absolute Gasteiger partial charge is 0.450 e. The molecule has 178 valence electrons. The standard InChI is InChI=1S/C24H24Cl2F3NO3/c1-14(2)17(23(33)24(27,28)29)13-20(31)22(16-6-4-3-5-7-16)30-21(32)11-9-15-8-10-18(25)19(26)12-15/h3-8,10,12,14,17,22H,9,11,13H2,1-2H3,(H,30,32)/t17-,22-/m0/s1. The number of rotatable bonds is 10. The van der Waals surface area contributed by atoms with E-state index in [-0.39, 0.29) is 6.42 Å². The molecule has 0 aliphatic heterocycles. The van der Waals surface area contributed by atoms with E-state index >= 15 is 0 Å². The van der Waals surface area contributed by atoms with Crippen LogP contribution in [-0.2, 0) is 20.8 Å². The summed E-state index contributed by atoms with van der Waals surface area (Å²) in [6.45, 7) is 2.91. The SMILES string of the molecule is CC(C)[C@H](CC(=O)[C@@H](NC(=O)CCc1ccc(Cl)c(Cl)c1)c1ccccc1)C(=O)C(F)(F)F. The molecule has 0 aliphatic carbocycles. The van der Waals surface area contributed by atoms with Crippen LogP contribution >= 0.6 is 23.2 Å². The first-order valence-electron chi connectivity index (χ1n) is 10.3. The lowest BCUT2D eigenvalue weighted by Gasteiger charge is -2.24. The smallest absolute Gasteiger partial charge is 0.342 e. The number of hydrogen-bond donors (Lipinski definition) is 1. The number of benzene rings is 2. The maximum atomic E-state index is 13.0. The Kier molecular flexibility index (Phi) is 9.49. The fraction of sp³-hybridized carbons (Fsp3) is 0.375. The van der Waals surface area contributed by atoms with Gasteiger partial charge in [0.2, 0.25) is 11.7 Å². The minimum atomic E-state index is -5.04. The van der Waals surface area contributed by atoms with Gasteiger partial charge in [0.1, 0.15) is 6.04 Å². The number of halogens is 5. The number of alkyl halides is 3. The second kappa shape index (κ2) is 11.7. The van der Waals surface area contributed by atoms with Gasteiger partial charge in [0.15, 0.2) is 5.78 Å². The maximum absolute atomic E-state index is 13.0. The zero-order chi connectivity index (χ0) is 24.8. The van der Waals surface area contributed by atoms with E-state index in [1.807, 2.05) is 0 Å². The lowest BCUT2D eigenvalue weighted by molar-refractivity contribution is -0.177. The van der Waals surface area contributed by atoms with Crippen molar-refractivity contribution < 1.29 is 27.6 Å². The van der Waals surface area contributed by atoms with Gasteiger partial charge in [-0.25, -0.2) is 0 Å². The first-order chi connectivity index (χ1) is 15.4. The third kappa shape index (κ3) is 7.86. The van der Waals surface area contributed by atoms with Crippen LogP contribution in [0.2, 0.25) is 10.0 Å². The molecule has 2 aromatic rings. The number of carbonyl (C=O) groups excluding carboxylic acids is 3. The Balaban J connectivity index is 2.17. The minimum absolute atomic E-state index is 0.0175. The van der Waals surface area contributed by atoms with Gasteiger partial charge < -0.3 is 5.32 Å². The molecular weight excluding hydrogens is 478 g/mol. The van der Waals surface area contributed by atoms with E-state index in [1.165, 1.54) is 13.8 Å². The van der Waals surface area contributed by atoms with Crippen molar-refractivity contribution in [2.24, 2.45) is 11.8 Å². The summed E-state index contributed by atoms with van der Waals surface area (Å²) < 4.78 is 39.0. The summed E-state index contributed by atoms with van der Waals surface area (Å²) in [6.07, 6.45) is -5.34. The van der Waals surface area contributed by atoms with Crippen molar-refractivity contribution in [2.75, 3.05) is 0 Å². The average molecular weight is 502 g/mol. The van der Waals surface area contributed by atoms with Crippen LogP contribution in [0, 0.1) is 11.8 Å². The summed E-state index contributed by atoms with van der Waals surface area (Å²) >= 11 is 11.9. The van der Waals surface area contributed by atoms with Crippen molar-refractivity contribution in [3.63, 3.8) is 0 Å². The van der Waals surface area contributed by atoms with Crippen LogP contribution in [0.4, 0.5) is 13.2 Å². The Bertz CT molecular complexity index is 994. The van der Waals surface area contributed by atoms with Gasteiger partial charge in [0.05, 0.1) is 10.0 Å². The molecule has 1 amide bonds. The van der Waals surface area contributed by atoms with Gasteiger partial charge in [0.25, 0.3) is 0 Å². The van der Waals surface area contributed by atoms with Crippen molar-refractivity contribution >= 4 is 40.7 Å². The van der Waals surface area contributed by atoms with Crippen LogP contribution < -0.4 is 5.32 Å². The van der Waals surface area contributed by atoms with Crippen LogP contribution in [0.1, 0.15) is 43.9 Å². The Morgan fingerprint density at radius 3 is 2.15 bits per heavy atom. The summed E-state index contributed by atoms with van der Waals surface area (Å²) in [5, 5.41) is 3.34. The Morgan fingerprint density at radius 2 is 1.61 bits per heavy atom. The van der Waals surface area contributed by atoms with E-state index < -0.39 is 47.9 Å². The lowest BCUT2D eigenvalue weighted by atomic mass is 9.84. The van der Waals surface area contributed by atoms with Crippen molar-refractivity contribution in [1.82, 2.24) is 5.32 Å². The number of nitrogens with one attached hydrogen (secondary N) is 1. The summed E-state index contributed by atoms with van der Waals surface area (Å²) in [5.74, 6) is -5.31. The molecule has 0 bridgehead atoms. The van der Waals surface area contributed by atoms with Crippen LogP contribution in [-0.4, -0.2) is 23.6 Å². The second-order valence-electron chi connectivity index (χ2n) is 8.04. The van der Waals surface area contributed by atoms with Crippen LogP contribution in [0.25, 0.3) is 0 Å². The molecule has 0 saturated carbocycles. The normalized spacial score (nSPS) is 13.5. The Morgan fingerprint density at radius 1 is 0.970 bits per heavy atom. The molecule has 0 saturated heterocycles. The van der Waals surface area contributed by atoms with E-state index in [1.54, 1.807) is 48.5 Å². The van der Waals surface area contributed by atoms with Crippen molar-refractivity contribution in [3.05, 3.63) is 69.7 Å². The molecule has 9 heteroatoms. The van der Waals surface area contributed by atoms with Crippen LogP contribution in [0.5, 0.6) is 0 Å². The predicted molar refractivity (Wildman–Crippen MR) is 121 cm³/mol. The molecule has 4 nitrogen and oxygen atoms in total. The molecule has 2 atom stereocenters. The van der Waals surface area contributed by atoms with E-state index in [0.717, 1.165) is 5.56 Å². The fourth-order valence-corrected chi connectivity index (χ4v) is 3.68. The first-order valence-corrected chi connectivity index (χ1v) is 11.1. The quantitative estimate of drug-likeness (QED) is 0.424. The summed E-state index contributed by atoms with van der Waals surface area (Å²) in [7, 11) is 0. The molecule has 0 aromatic heterocycles. The Labute approximate surface area is 200 Å². The number of ketones is 2. The second-order valence-corrected chi connectivity index (χ2v) is 8.86. The molecule has 2 aromatic carbocycles. The topological polar surface area (TPSA) is 63.2 Å². The maximum Gasteiger partial charge on any atom is 0.450 e. The Hall–Kier alpha value is -2.38. The van der Waals surface area contributed by atoms with Crippen LogP contribution in [0.15, 0.2) is 48.5 Å². The third-order valence-corrected chi connectivity index (χ3v) is 5.97. The number of hydrogen-bond acceptors (Lipinski definition) is 3. The molecule has 0 unspecified atom stereocenters. The predicted octanol–water partition coefficient (Wildman–Crippen LogP) is 6.15. The number of amides is 1. The van der Waals surface area contributed by atoms with Gasteiger partial charge in [-0.3, -0.25) is 14.4 Å². The van der Waals surface area contributed by atoms with Crippen molar-refractivity contribution in [1.29, 1.82) is 0 Å². The van der Waals surface area contributed by atoms with Gasteiger partial charge in [-0.05, 0) is 35.6 Å². The van der Waals surface area contributed by atoms with E-state index in [0.29, 0.717) is 22.0 Å². The molecule has 33 heavy (non-hydrogen) atoms. The van der Waals surface area contributed by atoms with Gasteiger partial charge in [-0.15, -0.1) is 0 Å². The zero-order valence-corrected chi connectivity index (χ0v) is 19.6. The molecule has 0 radical (unpaired) electrons. The van der Waals surface area contributed by atoms with Gasteiger partial charge >= 0.3 is 6.18 Å². The lowest BCUT2D eigenvalue weighted by Crippen LogP contribution is -2.39. The van der Waals surface area contributed by atoms with Crippen molar-refractivity contribution in [2.45, 2.75) is 45.3 Å². The van der Waals surface area contributed by atoms with Gasteiger partial charge in [-0.2, -0.15) is 13.2 Å². The van der Waals surface area contributed by atoms with E-state index in [2.05, 4.69) is 5.32 Å². The summed E-state index contributed by atoms with van der Waals surface area (Å²) in [4.78, 5) is 37.5. The molecule has 0 heterocycles. The summed E-state index contributed by atoms with van der Waals surface area (Å²) in [6, 6.07) is 12.0. The monoisotopic (exact) mass is 501 g/mol.